The predicted octanol–water partition coefficient (Wildman–Crippen LogP) is 5.20. The molecule has 0 N–H and O–H groups in total. The third-order valence-electron chi connectivity index (χ3n) is 5.06. The molecule has 0 saturated heterocycles. The topological polar surface area (TPSA) is 17.1 Å². The van der Waals surface area contributed by atoms with Gasteiger partial charge in [-0.2, -0.15) is 0 Å². The summed E-state index contributed by atoms with van der Waals surface area (Å²) in [6.07, 6.45) is 13.5. The number of hydrogen-bond donors (Lipinski definition) is 0. The Balaban J connectivity index is 2.06. The third-order valence-corrected chi connectivity index (χ3v) is 6.18. The fourth-order valence-electron chi connectivity index (χ4n) is 3.86. The summed E-state index contributed by atoms with van der Waals surface area (Å²) in [5.41, 5.74) is 0. The molecule has 0 aromatic heterocycles. The molecule has 92 valence electrons. The molecule has 2 aliphatic rings. The van der Waals surface area contributed by atoms with Gasteiger partial charge in [0.1, 0.15) is 0 Å². The first kappa shape index (κ1) is 12.6. The highest BCUT2D eigenvalue weighted by molar-refractivity contribution is 7.26. The molecule has 0 bridgehead atoms. The van der Waals surface area contributed by atoms with Crippen molar-refractivity contribution < 1.29 is 4.57 Å². The van der Waals surface area contributed by atoms with Crippen molar-refractivity contribution in [2.24, 2.45) is 11.8 Å². The highest BCUT2D eigenvalue weighted by Gasteiger charge is 2.42. The smallest absolute Gasteiger partial charge is 0.162 e. The summed E-state index contributed by atoms with van der Waals surface area (Å²) in [4.78, 5) is 0. The Morgan fingerprint density at radius 1 is 0.812 bits per heavy atom. The first-order valence-corrected chi connectivity index (χ1v) is 7.93. The van der Waals surface area contributed by atoms with E-state index in [-0.39, 0.29) is 5.16 Å². The summed E-state index contributed by atoms with van der Waals surface area (Å²) < 4.78 is 11.7. The molecular weight excluding hydrogens is 215 g/mol. The van der Waals surface area contributed by atoms with Crippen LogP contribution in [-0.2, 0) is 4.57 Å². The van der Waals surface area contributed by atoms with Gasteiger partial charge in [-0.25, -0.2) is 0 Å². The standard InChI is InChI=1S/C14H25OP/c1-14(16-15,12-8-4-2-5-9-12)13-10-6-3-7-11-13/h12-13H,2-11H2,1H3. The lowest BCUT2D eigenvalue weighted by molar-refractivity contribution is 0.183. The van der Waals surface area contributed by atoms with Crippen LogP contribution in [0.25, 0.3) is 0 Å². The van der Waals surface area contributed by atoms with Crippen LogP contribution in [0.3, 0.4) is 0 Å². The lowest BCUT2D eigenvalue weighted by Gasteiger charge is -2.42. The molecule has 2 heteroatoms. The molecule has 1 nitrogen and oxygen atoms in total. The van der Waals surface area contributed by atoms with E-state index in [0.717, 1.165) is 11.8 Å². The molecule has 2 aliphatic carbocycles. The highest BCUT2D eigenvalue weighted by atomic mass is 31.1. The van der Waals surface area contributed by atoms with Gasteiger partial charge < -0.3 is 0 Å². The van der Waals surface area contributed by atoms with E-state index in [4.69, 9.17) is 0 Å². The van der Waals surface area contributed by atoms with Crippen LogP contribution in [0.5, 0.6) is 0 Å². The fourth-order valence-corrected chi connectivity index (χ4v) is 4.67. The second kappa shape index (κ2) is 5.63. The van der Waals surface area contributed by atoms with Crippen LogP contribution in [-0.4, -0.2) is 5.16 Å². The van der Waals surface area contributed by atoms with Gasteiger partial charge in [0, 0.05) is 0 Å². The number of hydrogen-bond acceptors (Lipinski definition) is 1. The predicted molar refractivity (Wildman–Crippen MR) is 69.2 cm³/mol. The first-order valence-electron chi connectivity index (χ1n) is 7.12. The van der Waals surface area contributed by atoms with Gasteiger partial charge in [0.15, 0.2) is 8.46 Å². The van der Waals surface area contributed by atoms with Gasteiger partial charge in [-0.3, -0.25) is 4.57 Å². The van der Waals surface area contributed by atoms with Crippen LogP contribution in [0.1, 0.15) is 71.1 Å². The Bertz CT molecular complexity index is 209. The van der Waals surface area contributed by atoms with E-state index in [2.05, 4.69) is 6.92 Å². The zero-order valence-electron chi connectivity index (χ0n) is 10.6. The molecule has 0 atom stereocenters. The van der Waals surface area contributed by atoms with Crippen molar-refractivity contribution in [3.05, 3.63) is 0 Å². The van der Waals surface area contributed by atoms with Crippen molar-refractivity contribution in [1.82, 2.24) is 0 Å². The average Bonchev–Trinajstić information content (AvgIpc) is 2.40. The molecule has 0 aromatic rings. The van der Waals surface area contributed by atoms with Crippen LogP contribution in [0, 0.1) is 11.8 Å². The molecule has 2 saturated carbocycles. The Hall–Kier alpha value is 0.100. The van der Waals surface area contributed by atoms with Crippen LogP contribution in [0.4, 0.5) is 0 Å². The van der Waals surface area contributed by atoms with E-state index in [0.29, 0.717) is 8.46 Å². The Kier molecular flexibility index (Phi) is 4.41. The van der Waals surface area contributed by atoms with Gasteiger partial charge in [-0.1, -0.05) is 38.5 Å². The Morgan fingerprint density at radius 3 is 1.50 bits per heavy atom. The van der Waals surface area contributed by atoms with E-state index >= 15 is 0 Å². The van der Waals surface area contributed by atoms with E-state index in [9.17, 15) is 4.57 Å². The lowest BCUT2D eigenvalue weighted by atomic mass is 9.70. The van der Waals surface area contributed by atoms with Crippen LogP contribution in [0.15, 0.2) is 0 Å². The Morgan fingerprint density at radius 2 is 1.19 bits per heavy atom. The summed E-state index contributed by atoms with van der Waals surface area (Å²) in [6, 6.07) is 0. The van der Waals surface area contributed by atoms with Crippen molar-refractivity contribution in [3.8, 4) is 0 Å². The lowest BCUT2D eigenvalue weighted by Crippen LogP contribution is -2.39. The molecule has 0 unspecified atom stereocenters. The minimum Gasteiger partial charge on any atom is -0.274 e. The monoisotopic (exact) mass is 240 g/mol. The molecule has 2 rings (SSSR count). The fraction of sp³-hybridized carbons (Fsp3) is 1.00. The van der Waals surface area contributed by atoms with E-state index in [1.165, 1.54) is 64.2 Å². The van der Waals surface area contributed by atoms with Crippen molar-refractivity contribution >= 4 is 8.46 Å². The van der Waals surface area contributed by atoms with Gasteiger partial charge in [-0.15, -0.1) is 0 Å². The summed E-state index contributed by atoms with van der Waals surface area (Å²) in [5, 5.41) is 0.0981. The van der Waals surface area contributed by atoms with Crippen molar-refractivity contribution in [1.29, 1.82) is 0 Å². The third kappa shape index (κ3) is 2.50. The molecule has 16 heavy (non-hydrogen) atoms. The van der Waals surface area contributed by atoms with Crippen LogP contribution < -0.4 is 0 Å². The zero-order valence-corrected chi connectivity index (χ0v) is 11.5. The van der Waals surface area contributed by atoms with Crippen LogP contribution in [0.2, 0.25) is 0 Å². The molecule has 0 aromatic carbocycles. The first-order chi connectivity index (χ1) is 7.77. The maximum absolute atomic E-state index is 11.7. The van der Waals surface area contributed by atoms with Gasteiger partial charge >= 0.3 is 0 Å². The minimum absolute atomic E-state index is 0.0981. The molecule has 0 amide bonds. The Labute approximate surface area is 102 Å². The molecule has 0 aliphatic heterocycles. The van der Waals surface area contributed by atoms with E-state index in [1.807, 2.05) is 0 Å². The summed E-state index contributed by atoms with van der Waals surface area (Å²) >= 11 is 0. The second-order valence-corrected chi connectivity index (χ2v) is 7.13. The molecule has 2 fully saturated rings. The maximum Gasteiger partial charge on any atom is 0.162 e. The summed E-state index contributed by atoms with van der Waals surface area (Å²) in [6.45, 7) is 2.30. The normalized spacial score (nSPS) is 26.1. The molecular formula is C14H25OP. The largest absolute Gasteiger partial charge is 0.274 e. The summed E-state index contributed by atoms with van der Waals surface area (Å²) in [5.74, 6) is 1.45. The van der Waals surface area contributed by atoms with Gasteiger partial charge in [0.05, 0.1) is 5.16 Å². The van der Waals surface area contributed by atoms with E-state index in [1.54, 1.807) is 0 Å². The van der Waals surface area contributed by atoms with Gasteiger partial charge in [0.25, 0.3) is 0 Å². The molecule has 0 spiro atoms. The maximum atomic E-state index is 11.7. The highest BCUT2D eigenvalue weighted by Crippen LogP contribution is 2.49. The molecule has 0 radical (unpaired) electrons. The summed E-state index contributed by atoms with van der Waals surface area (Å²) in [7, 11) is 0.424. The minimum atomic E-state index is 0.0981. The van der Waals surface area contributed by atoms with Crippen molar-refractivity contribution in [2.45, 2.75) is 76.3 Å². The van der Waals surface area contributed by atoms with E-state index < -0.39 is 0 Å². The molecule has 0 heterocycles. The SMILES string of the molecule is CC(P=O)(C1CCCCC1)C1CCCCC1. The van der Waals surface area contributed by atoms with Gasteiger partial charge in [0.2, 0.25) is 0 Å². The zero-order chi connectivity index (χ0) is 11.4. The van der Waals surface area contributed by atoms with Crippen molar-refractivity contribution in [3.63, 3.8) is 0 Å². The van der Waals surface area contributed by atoms with Crippen molar-refractivity contribution in [2.75, 3.05) is 0 Å². The second-order valence-electron chi connectivity index (χ2n) is 5.99. The van der Waals surface area contributed by atoms with Crippen LogP contribution >= 0.6 is 8.46 Å². The quantitative estimate of drug-likeness (QED) is 0.620. The van der Waals surface area contributed by atoms with Gasteiger partial charge in [-0.05, 0) is 44.4 Å². The number of rotatable bonds is 3. The average molecular weight is 240 g/mol.